The molecule has 2 aliphatic carbocycles. The van der Waals surface area contributed by atoms with E-state index in [0.717, 1.165) is 11.8 Å². The Balaban J connectivity index is 1.44. The molecule has 2 aliphatic rings. The van der Waals surface area contributed by atoms with Crippen LogP contribution in [-0.2, 0) is 11.3 Å². The van der Waals surface area contributed by atoms with Crippen LogP contribution in [0.2, 0.25) is 0 Å². The summed E-state index contributed by atoms with van der Waals surface area (Å²) in [7, 11) is 0. The van der Waals surface area contributed by atoms with E-state index in [4.69, 9.17) is 0 Å². The van der Waals surface area contributed by atoms with Crippen LogP contribution in [0.5, 0.6) is 0 Å². The van der Waals surface area contributed by atoms with Crippen molar-refractivity contribution in [3.05, 3.63) is 41.3 Å². The van der Waals surface area contributed by atoms with E-state index in [0.29, 0.717) is 28.7 Å². The third kappa shape index (κ3) is 3.72. The van der Waals surface area contributed by atoms with E-state index in [2.05, 4.69) is 28.8 Å². The second kappa shape index (κ2) is 8.07. The summed E-state index contributed by atoms with van der Waals surface area (Å²) in [6.45, 7) is 6.20. The zero-order chi connectivity index (χ0) is 19.7. The Kier molecular flexibility index (Phi) is 5.53. The predicted octanol–water partition coefficient (Wildman–Crippen LogP) is 3.01. The molecule has 6 nitrogen and oxygen atoms in total. The molecule has 7 heteroatoms. The van der Waals surface area contributed by atoms with Crippen molar-refractivity contribution in [1.29, 1.82) is 0 Å². The Labute approximate surface area is 168 Å². The summed E-state index contributed by atoms with van der Waals surface area (Å²) in [5.41, 5.74) is 0.252. The van der Waals surface area contributed by atoms with Gasteiger partial charge in [-0.05, 0) is 56.1 Å². The molecule has 2 saturated carbocycles. The van der Waals surface area contributed by atoms with Crippen LogP contribution >= 0.6 is 11.8 Å². The highest BCUT2D eigenvalue weighted by Crippen LogP contribution is 2.49. The van der Waals surface area contributed by atoms with Gasteiger partial charge in [0.15, 0.2) is 10.8 Å². The van der Waals surface area contributed by atoms with Crippen molar-refractivity contribution >= 4 is 28.7 Å². The fourth-order valence-corrected chi connectivity index (χ4v) is 5.68. The first kappa shape index (κ1) is 19.2. The molecule has 0 aliphatic heterocycles. The van der Waals surface area contributed by atoms with Gasteiger partial charge in [-0.25, -0.2) is 9.97 Å². The lowest BCUT2D eigenvalue weighted by atomic mass is 9.84. The highest BCUT2D eigenvalue weighted by Gasteiger charge is 2.42. The molecule has 2 aromatic heterocycles. The molecular formula is C21H26N4O2S. The number of allylic oxidation sites excluding steroid dienone is 1. The number of thioether (sulfide) groups is 1. The van der Waals surface area contributed by atoms with Crippen molar-refractivity contribution < 1.29 is 4.79 Å². The molecule has 0 saturated heterocycles. The molecule has 0 unspecified atom stereocenters. The molecule has 1 N–H and O–H groups in total. The van der Waals surface area contributed by atoms with Crippen molar-refractivity contribution in [2.24, 2.45) is 17.8 Å². The first-order valence-electron chi connectivity index (χ1n) is 9.95. The smallest absolute Gasteiger partial charge is 0.263 e. The van der Waals surface area contributed by atoms with E-state index < -0.39 is 0 Å². The molecule has 2 fully saturated rings. The predicted molar refractivity (Wildman–Crippen MR) is 111 cm³/mol. The molecule has 1 amide bonds. The summed E-state index contributed by atoms with van der Waals surface area (Å²) in [5.74, 6) is 2.47. The molecule has 148 valence electrons. The third-order valence-electron chi connectivity index (χ3n) is 6.16. The molecule has 4 rings (SSSR count). The first-order chi connectivity index (χ1) is 13.6. The van der Waals surface area contributed by atoms with Crippen molar-refractivity contribution in [3.63, 3.8) is 0 Å². The van der Waals surface area contributed by atoms with Gasteiger partial charge in [0.25, 0.3) is 5.56 Å². The van der Waals surface area contributed by atoms with Crippen molar-refractivity contribution in [2.75, 3.05) is 5.75 Å². The minimum Gasteiger partial charge on any atom is -0.353 e. The van der Waals surface area contributed by atoms with E-state index >= 15 is 0 Å². The van der Waals surface area contributed by atoms with Gasteiger partial charge in [0.1, 0.15) is 0 Å². The summed E-state index contributed by atoms with van der Waals surface area (Å²) >= 11 is 1.28. The van der Waals surface area contributed by atoms with Crippen molar-refractivity contribution in [3.8, 4) is 0 Å². The Bertz CT molecular complexity index is 957. The van der Waals surface area contributed by atoms with Crippen LogP contribution in [0.4, 0.5) is 0 Å². The molecule has 0 aromatic carbocycles. The molecular weight excluding hydrogens is 372 g/mol. The number of hydrogen-bond acceptors (Lipinski definition) is 5. The normalized spacial score (nSPS) is 24.4. The lowest BCUT2D eigenvalue weighted by Crippen LogP contribution is -2.41. The maximum absolute atomic E-state index is 12.7. The Morgan fingerprint density at radius 1 is 1.46 bits per heavy atom. The molecule has 4 atom stereocenters. The number of nitrogens with one attached hydrogen (secondary N) is 1. The third-order valence-corrected chi connectivity index (χ3v) is 7.14. The SMILES string of the molecule is C=CCn1c(SCC(=O)N[C@H](C)[C@@H]2C[C@H]3CC[C@H]2C3)nc2ncccc2c1=O. The summed E-state index contributed by atoms with van der Waals surface area (Å²) in [6.07, 6.45) is 8.53. The number of hydrogen-bond donors (Lipinski definition) is 1. The lowest BCUT2D eigenvalue weighted by Gasteiger charge is -2.28. The summed E-state index contributed by atoms with van der Waals surface area (Å²) in [4.78, 5) is 33.9. The van der Waals surface area contributed by atoms with Crippen molar-refractivity contribution in [1.82, 2.24) is 19.9 Å². The van der Waals surface area contributed by atoms with E-state index in [-0.39, 0.29) is 23.3 Å². The zero-order valence-corrected chi connectivity index (χ0v) is 17.0. The topological polar surface area (TPSA) is 76.9 Å². The van der Waals surface area contributed by atoms with Gasteiger partial charge in [-0.3, -0.25) is 14.2 Å². The summed E-state index contributed by atoms with van der Waals surface area (Å²) in [5, 5.41) is 4.14. The van der Waals surface area contributed by atoms with Gasteiger partial charge >= 0.3 is 0 Å². The van der Waals surface area contributed by atoms with Crippen LogP contribution in [0.25, 0.3) is 11.0 Å². The highest BCUT2D eigenvalue weighted by atomic mass is 32.2. The molecule has 2 heterocycles. The lowest BCUT2D eigenvalue weighted by molar-refractivity contribution is -0.119. The van der Waals surface area contributed by atoms with E-state index in [1.165, 1.54) is 37.4 Å². The number of aromatic nitrogens is 3. The van der Waals surface area contributed by atoms with Gasteiger partial charge in [0.2, 0.25) is 5.91 Å². The fourth-order valence-electron chi connectivity index (χ4n) is 4.88. The molecule has 0 radical (unpaired) electrons. The Hall–Kier alpha value is -2.15. The Morgan fingerprint density at radius 2 is 2.32 bits per heavy atom. The average molecular weight is 399 g/mol. The number of rotatable bonds is 7. The van der Waals surface area contributed by atoms with E-state index in [1.807, 2.05) is 0 Å². The monoisotopic (exact) mass is 398 g/mol. The molecule has 2 aromatic rings. The van der Waals surface area contributed by atoms with Crippen LogP contribution < -0.4 is 10.9 Å². The minimum atomic E-state index is -0.156. The molecule has 0 spiro atoms. The van der Waals surface area contributed by atoms with Gasteiger partial charge in [-0.15, -0.1) is 6.58 Å². The number of carbonyl (C=O) groups is 1. The number of nitrogens with zero attached hydrogens (tertiary/aromatic N) is 3. The molecule has 2 bridgehead atoms. The van der Waals surface area contributed by atoms with Gasteiger partial charge in [0.05, 0.1) is 11.1 Å². The zero-order valence-electron chi connectivity index (χ0n) is 16.1. The summed E-state index contributed by atoms with van der Waals surface area (Å²) < 4.78 is 1.55. The van der Waals surface area contributed by atoms with Crippen LogP contribution in [0, 0.1) is 17.8 Å². The number of pyridine rings is 1. The second-order valence-corrected chi connectivity index (χ2v) is 8.90. The molecule has 28 heavy (non-hydrogen) atoms. The van der Waals surface area contributed by atoms with Gasteiger partial charge in [-0.1, -0.05) is 24.3 Å². The Morgan fingerprint density at radius 3 is 3.04 bits per heavy atom. The van der Waals surface area contributed by atoms with Crippen LogP contribution in [-0.4, -0.2) is 32.2 Å². The van der Waals surface area contributed by atoms with E-state index in [1.54, 1.807) is 29.0 Å². The average Bonchev–Trinajstić information content (AvgIpc) is 3.32. The maximum atomic E-state index is 12.7. The fraction of sp³-hybridized carbons (Fsp3) is 0.524. The second-order valence-electron chi connectivity index (χ2n) is 7.96. The van der Waals surface area contributed by atoms with Crippen molar-refractivity contribution in [2.45, 2.75) is 50.4 Å². The standard InChI is InChI=1S/C21H26N4O2S/c1-3-9-25-20(27)16-5-4-8-22-19(16)24-21(25)28-12-18(26)23-13(2)17-11-14-6-7-15(17)10-14/h3-5,8,13-15,17H,1,6-7,9-12H2,2H3,(H,23,26)/t13-,14+,15+,17+/m1/s1. The number of carbonyl (C=O) groups excluding carboxylic acids is 1. The summed E-state index contributed by atoms with van der Waals surface area (Å²) in [6, 6.07) is 3.64. The van der Waals surface area contributed by atoms with Crippen LogP contribution in [0.1, 0.15) is 32.6 Å². The maximum Gasteiger partial charge on any atom is 0.263 e. The first-order valence-corrected chi connectivity index (χ1v) is 10.9. The number of amides is 1. The largest absolute Gasteiger partial charge is 0.353 e. The van der Waals surface area contributed by atoms with Crippen LogP contribution in [0.3, 0.4) is 0 Å². The van der Waals surface area contributed by atoms with Gasteiger partial charge < -0.3 is 5.32 Å². The minimum absolute atomic E-state index is 0.0132. The number of fused-ring (bicyclic) bond motifs is 3. The highest BCUT2D eigenvalue weighted by molar-refractivity contribution is 7.99. The quantitative estimate of drug-likeness (QED) is 0.441. The van der Waals surface area contributed by atoms with Crippen LogP contribution in [0.15, 0.2) is 40.9 Å². The van der Waals surface area contributed by atoms with Gasteiger partial charge in [0, 0.05) is 18.8 Å². The van der Waals surface area contributed by atoms with E-state index in [9.17, 15) is 9.59 Å². The van der Waals surface area contributed by atoms with Gasteiger partial charge in [-0.2, -0.15) is 0 Å².